The summed E-state index contributed by atoms with van der Waals surface area (Å²) in [5.41, 5.74) is 9.59. The van der Waals surface area contributed by atoms with E-state index in [0.29, 0.717) is 23.4 Å². The van der Waals surface area contributed by atoms with Crippen LogP contribution in [0.25, 0.3) is 0 Å². The van der Waals surface area contributed by atoms with Crippen LogP contribution in [-0.2, 0) is 15.3 Å². The van der Waals surface area contributed by atoms with Crippen LogP contribution >= 0.6 is 11.8 Å². The minimum absolute atomic E-state index is 0.180. The molecule has 0 radical (unpaired) electrons. The number of rotatable bonds is 7. The fourth-order valence-corrected chi connectivity index (χ4v) is 3.14. The molecule has 0 saturated carbocycles. The SMILES string of the molecule is COC(=O)CCSCc1cccc(NC(=O)c2cc(N)ccc2C)c1. The van der Waals surface area contributed by atoms with Gasteiger partial charge in [-0.25, -0.2) is 0 Å². The molecule has 0 heterocycles. The van der Waals surface area contributed by atoms with Crippen LogP contribution in [0.5, 0.6) is 0 Å². The maximum Gasteiger partial charge on any atom is 0.306 e. The third-order valence-corrected chi connectivity index (χ3v) is 4.67. The van der Waals surface area contributed by atoms with E-state index in [-0.39, 0.29) is 11.9 Å². The van der Waals surface area contributed by atoms with E-state index in [9.17, 15) is 9.59 Å². The van der Waals surface area contributed by atoms with Crippen molar-refractivity contribution in [2.45, 2.75) is 19.1 Å². The lowest BCUT2D eigenvalue weighted by molar-refractivity contribution is -0.140. The second-order valence-electron chi connectivity index (χ2n) is 5.61. The van der Waals surface area contributed by atoms with Crippen molar-refractivity contribution in [3.8, 4) is 0 Å². The lowest BCUT2D eigenvalue weighted by Gasteiger charge is -2.10. The van der Waals surface area contributed by atoms with Gasteiger partial charge in [0.2, 0.25) is 0 Å². The molecule has 0 saturated heterocycles. The monoisotopic (exact) mass is 358 g/mol. The fraction of sp³-hybridized carbons (Fsp3) is 0.263. The zero-order valence-electron chi connectivity index (χ0n) is 14.4. The first-order valence-corrected chi connectivity index (χ1v) is 9.06. The lowest BCUT2D eigenvalue weighted by atomic mass is 10.1. The van der Waals surface area contributed by atoms with E-state index < -0.39 is 0 Å². The minimum Gasteiger partial charge on any atom is -0.469 e. The number of esters is 1. The van der Waals surface area contributed by atoms with Crippen LogP contribution in [0.15, 0.2) is 42.5 Å². The molecule has 0 spiro atoms. The molecule has 0 unspecified atom stereocenters. The number of aryl methyl sites for hydroxylation is 1. The van der Waals surface area contributed by atoms with E-state index in [1.54, 1.807) is 23.9 Å². The lowest BCUT2D eigenvalue weighted by Crippen LogP contribution is -2.13. The summed E-state index contributed by atoms with van der Waals surface area (Å²) in [6.45, 7) is 1.88. The molecular weight excluding hydrogens is 336 g/mol. The van der Waals surface area contributed by atoms with Crippen molar-refractivity contribution in [1.82, 2.24) is 0 Å². The van der Waals surface area contributed by atoms with Gasteiger partial charge in [-0.05, 0) is 42.3 Å². The van der Waals surface area contributed by atoms with Crippen LogP contribution in [0.1, 0.15) is 27.9 Å². The van der Waals surface area contributed by atoms with Crippen LogP contribution in [0.2, 0.25) is 0 Å². The number of benzene rings is 2. The Morgan fingerprint density at radius 1 is 1.20 bits per heavy atom. The van der Waals surface area contributed by atoms with E-state index in [0.717, 1.165) is 22.6 Å². The number of anilines is 2. The third-order valence-electron chi connectivity index (χ3n) is 3.64. The first-order chi connectivity index (χ1) is 12.0. The summed E-state index contributed by atoms with van der Waals surface area (Å²) >= 11 is 1.65. The van der Waals surface area contributed by atoms with Crippen LogP contribution in [-0.4, -0.2) is 24.7 Å². The summed E-state index contributed by atoms with van der Waals surface area (Å²) in [6.07, 6.45) is 0.395. The number of thioether (sulfide) groups is 1. The zero-order chi connectivity index (χ0) is 18.2. The molecule has 2 rings (SSSR count). The number of nitrogen functional groups attached to an aromatic ring is 1. The highest BCUT2D eigenvalue weighted by molar-refractivity contribution is 7.98. The molecule has 0 aliphatic rings. The zero-order valence-corrected chi connectivity index (χ0v) is 15.2. The van der Waals surface area contributed by atoms with Gasteiger partial charge in [0.25, 0.3) is 5.91 Å². The summed E-state index contributed by atoms with van der Waals surface area (Å²) in [5.74, 6) is 1.08. The second kappa shape index (κ2) is 9.13. The van der Waals surface area contributed by atoms with Crippen molar-refractivity contribution in [2.75, 3.05) is 23.9 Å². The van der Waals surface area contributed by atoms with Gasteiger partial charge in [0, 0.05) is 28.4 Å². The van der Waals surface area contributed by atoms with Crippen molar-refractivity contribution in [3.63, 3.8) is 0 Å². The van der Waals surface area contributed by atoms with E-state index in [4.69, 9.17) is 5.73 Å². The molecule has 0 aliphatic carbocycles. The van der Waals surface area contributed by atoms with Crippen molar-refractivity contribution in [3.05, 3.63) is 59.2 Å². The van der Waals surface area contributed by atoms with Crippen LogP contribution < -0.4 is 11.1 Å². The van der Waals surface area contributed by atoms with Crippen molar-refractivity contribution in [2.24, 2.45) is 0 Å². The van der Waals surface area contributed by atoms with E-state index in [2.05, 4.69) is 10.1 Å². The smallest absolute Gasteiger partial charge is 0.306 e. The number of nitrogens with one attached hydrogen (secondary N) is 1. The molecule has 0 aliphatic heterocycles. The van der Waals surface area contributed by atoms with Gasteiger partial charge < -0.3 is 15.8 Å². The Balaban J connectivity index is 1.95. The van der Waals surface area contributed by atoms with E-state index in [1.807, 2.05) is 37.3 Å². The quantitative estimate of drug-likeness (QED) is 0.449. The summed E-state index contributed by atoms with van der Waals surface area (Å²) in [5, 5.41) is 2.91. The first-order valence-electron chi connectivity index (χ1n) is 7.90. The fourth-order valence-electron chi connectivity index (χ4n) is 2.27. The van der Waals surface area contributed by atoms with Crippen LogP contribution in [0, 0.1) is 6.92 Å². The van der Waals surface area contributed by atoms with Crippen LogP contribution in [0.4, 0.5) is 11.4 Å². The maximum atomic E-state index is 12.4. The Bertz CT molecular complexity index is 762. The Hall–Kier alpha value is -2.47. The number of amides is 1. The summed E-state index contributed by atoms with van der Waals surface area (Å²) < 4.78 is 4.62. The molecule has 0 fully saturated rings. The number of carbonyl (C=O) groups is 2. The van der Waals surface area contributed by atoms with E-state index in [1.165, 1.54) is 7.11 Å². The van der Waals surface area contributed by atoms with Gasteiger partial charge in [0.1, 0.15) is 0 Å². The predicted molar refractivity (Wildman–Crippen MR) is 103 cm³/mol. The van der Waals surface area contributed by atoms with Crippen molar-refractivity contribution >= 4 is 35.0 Å². The Morgan fingerprint density at radius 3 is 2.76 bits per heavy atom. The van der Waals surface area contributed by atoms with Crippen molar-refractivity contribution < 1.29 is 14.3 Å². The average molecular weight is 358 g/mol. The molecule has 2 aromatic carbocycles. The highest BCUT2D eigenvalue weighted by Crippen LogP contribution is 2.19. The van der Waals surface area contributed by atoms with Gasteiger partial charge >= 0.3 is 5.97 Å². The topological polar surface area (TPSA) is 81.4 Å². The van der Waals surface area contributed by atoms with Gasteiger partial charge in [-0.2, -0.15) is 11.8 Å². The molecule has 0 bridgehead atoms. The summed E-state index contributed by atoms with van der Waals surface area (Å²) in [6, 6.07) is 13.0. The normalized spacial score (nSPS) is 10.3. The average Bonchev–Trinajstić information content (AvgIpc) is 2.60. The van der Waals surface area contributed by atoms with E-state index >= 15 is 0 Å². The Labute approximate surface area is 151 Å². The molecule has 25 heavy (non-hydrogen) atoms. The molecule has 132 valence electrons. The van der Waals surface area contributed by atoms with Gasteiger partial charge in [-0.1, -0.05) is 18.2 Å². The molecule has 2 aromatic rings. The Kier molecular flexibility index (Phi) is 6.89. The third kappa shape index (κ3) is 5.83. The number of nitrogens with two attached hydrogens (primary N) is 1. The largest absolute Gasteiger partial charge is 0.469 e. The maximum absolute atomic E-state index is 12.4. The molecule has 1 amide bonds. The number of methoxy groups -OCH3 is 1. The van der Waals surface area contributed by atoms with Gasteiger partial charge in [-0.3, -0.25) is 9.59 Å². The highest BCUT2D eigenvalue weighted by atomic mass is 32.2. The predicted octanol–water partition coefficient (Wildman–Crippen LogP) is 3.63. The van der Waals surface area contributed by atoms with Crippen molar-refractivity contribution in [1.29, 1.82) is 0 Å². The van der Waals surface area contributed by atoms with Crippen LogP contribution in [0.3, 0.4) is 0 Å². The number of hydrogen-bond acceptors (Lipinski definition) is 5. The standard InChI is InChI=1S/C19H22N2O3S/c1-13-6-7-15(20)11-17(13)19(23)21-16-5-3-4-14(10-16)12-25-9-8-18(22)24-2/h3-7,10-11H,8-9,12,20H2,1-2H3,(H,21,23). The number of ether oxygens (including phenoxy) is 1. The summed E-state index contributed by atoms with van der Waals surface area (Å²) in [7, 11) is 1.39. The molecule has 5 nitrogen and oxygen atoms in total. The molecule has 0 atom stereocenters. The Morgan fingerprint density at radius 2 is 2.00 bits per heavy atom. The molecule has 0 aromatic heterocycles. The second-order valence-corrected chi connectivity index (χ2v) is 6.71. The van der Waals surface area contributed by atoms with Gasteiger partial charge in [0.05, 0.1) is 13.5 Å². The molecule has 3 N–H and O–H groups in total. The van der Waals surface area contributed by atoms with Gasteiger partial charge in [-0.15, -0.1) is 0 Å². The summed E-state index contributed by atoms with van der Waals surface area (Å²) in [4.78, 5) is 23.5. The number of carbonyl (C=O) groups excluding carboxylic acids is 2. The number of hydrogen-bond donors (Lipinski definition) is 2. The van der Waals surface area contributed by atoms with Gasteiger partial charge in [0.15, 0.2) is 0 Å². The molecular formula is C19H22N2O3S. The minimum atomic E-state index is -0.203. The molecule has 6 heteroatoms. The first kappa shape index (κ1) is 18.9. The highest BCUT2D eigenvalue weighted by Gasteiger charge is 2.10.